The molecule has 0 saturated heterocycles. The number of rotatable bonds is 0. The molecule has 27 valence electrons. The quantitative estimate of drug-likeness (QED) is 0.472. The Kier molecular flexibility index (Phi) is 2.99. The average Bonchev–Trinajstić information content (AvgIpc) is 0.722. The summed E-state index contributed by atoms with van der Waals surface area (Å²) in [6.07, 6.45) is 0. The Balaban J connectivity index is 3.02. The molecule has 0 atom stereocenters. The zero-order chi connectivity index (χ0) is 4.50. The third-order valence-electron chi connectivity index (χ3n) is 0. The van der Waals surface area contributed by atoms with Gasteiger partial charge in [-0.2, -0.15) is 0 Å². The fourth-order valence-corrected chi connectivity index (χ4v) is 0. The number of halogens is 3. The van der Waals surface area contributed by atoms with Gasteiger partial charge in [0, 0.05) is 0 Å². The molecule has 0 radical (unpaired) electrons. The molecule has 0 aromatic carbocycles. The van der Waals surface area contributed by atoms with E-state index in [4.69, 9.17) is 34.8 Å². The summed E-state index contributed by atoms with van der Waals surface area (Å²) in [6, 6.07) is 0. The van der Waals surface area contributed by atoms with Crippen molar-refractivity contribution < 1.29 is 26.1 Å². The first-order valence-corrected chi connectivity index (χ1v) is 4.80. The molecule has 0 nitrogen and oxygen atoms in total. The van der Waals surface area contributed by atoms with Gasteiger partial charge < -0.3 is 0 Å². The van der Waals surface area contributed by atoms with Crippen molar-refractivity contribution in [1.29, 1.82) is 0 Å². The van der Waals surface area contributed by atoms with Crippen molar-refractivity contribution in [2.75, 3.05) is 0 Å². The molecular weight excluding hydrogens is 319 g/mol. The van der Waals surface area contributed by atoms with Gasteiger partial charge in [-0.25, -0.2) is 0 Å². The maximum atomic E-state index is 5.15. The van der Waals surface area contributed by atoms with Crippen molar-refractivity contribution in [2.24, 2.45) is 0 Å². The topological polar surface area (TPSA) is 0 Å². The third kappa shape index (κ3) is 25.8. The average molecular weight is 319 g/mol. The summed E-state index contributed by atoms with van der Waals surface area (Å²) in [6.45, 7) is 0. The Morgan fingerprint density at radius 1 is 1.20 bits per heavy atom. The van der Waals surface area contributed by atoms with Gasteiger partial charge in [-0.1, -0.05) is 0 Å². The zero-order valence-corrected chi connectivity index (χ0v) is 10.1. The van der Waals surface area contributed by atoms with Crippen molar-refractivity contribution in [3.8, 4) is 0 Å². The molecule has 0 N–H and O–H groups in total. The van der Waals surface area contributed by atoms with Crippen LogP contribution in [0.4, 0.5) is 0 Å². The summed E-state index contributed by atoms with van der Waals surface area (Å²) in [7, 11) is 0. The normalized spacial score (nSPS) is 12.2. The molecule has 0 saturated carbocycles. The van der Waals surface area contributed by atoms with Gasteiger partial charge in [-0.05, 0) is 0 Å². The predicted octanol–water partition coefficient (Wildman–Crippen LogP) is 1.86. The molecule has 5 heavy (non-hydrogen) atoms. The molecule has 0 rings (SSSR count). The van der Waals surface area contributed by atoms with Gasteiger partial charge in [0.2, 0.25) is 0 Å². The second-order valence-corrected chi connectivity index (χ2v) is 12.5. The summed E-state index contributed by atoms with van der Waals surface area (Å²) in [4.78, 5) is 0. The molecule has 0 aliphatic carbocycles. The van der Waals surface area contributed by atoms with Gasteiger partial charge in [0.15, 0.2) is 0 Å². The van der Waals surface area contributed by atoms with Crippen molar-refractivity contribution in [1.82, 2.24) is 0 Å². The first kappa shape index (κ1) is 6.81. The minimum absolute atomic E-state index is 0.252. The first-order chi connectivity index (χ1) is 2.00. The van der Waals surface area contributed by atoms with Crippen LogP contribution in [0.15, 0.2) is 0 Å². The van der Waals surface area contributed by atoms with Crippen LogP contribution in [0.3, 0.4) is 0 Å². The van der Waals surface area contributed by atoms with Gasteiger partial charge >= 0.3 is 62.2 Å². The van der Waals surface area contributed by atoms with E-state index in [1.165, 1.54) is 0 Å². The van der Waals surface area contributed by atoms with Crippen molar-refractivity contribution >= 4 is 34.8 Å². The van der Waals surface area contributed by atoms with Crippen molar-refractivity contribution in [3.05, 3.63) is 0 Å². The molecule has 0 amide bonds. The molecule has 0 aromatic rings. The first-order valence-electron chi connectivity index (χ1n) is 0.921. The van der Waals surface area contributed by atoms with E-state index >= 15 is 0 Å². The van der Waals surface area contributed by atoms with Gasteiger partial charge in [-0.15, -0.1) is 0 Å². The third-order valence-corrected chi connectivity index (χ3v) is 0. The predicted molar refractivity (Wildman–Crippen MR) is 20.3 cm³/mol. The van der Waals surface area contributed by atoms with Crippen LogP contribution in [0.1, 0.15) is 0 Å². The number of hydrogen-bond acceptors (Lipinski definition) is 0. The standard InChI is InChI=1S/CCl3.Hg/c2-1(3)4;. The molecule has 0 aliphatic heterocycles. The summed E-state index contributed by atoms with van der Waals surface area (Å²) in [5.41, 5.74) is 0. The van der Waals surface area contributed by atoms with Crippen LogP contribution in [-0.4, -0.2) is 1.30 Å². The zero-order valence-electron chi connectivity index (χ0n) is 2.34. The Hall–Kier alpha value is 1.81. The van der Waals surface area contributed by atoms with E-state index in [1.807, 2.05) is 0 Å². The summed E-state index contributed by atoms with van der Waals surface area (Å²) in [5.74, 6) is 0. The Bertz CT molecular complexity index is 22.4. The van der Waals surface area contributed by atoms with Gasteiger partial charge in [-0.3, -0.25) is 0 Å². The van der Waals surface area contributed by atoms with E-state index in [2.05, 4.69) is 0 Å². The Morgan fingerprint density at radius 3 is 1.20 bits per heavy atom. The van der Waals surface area contributed by atoms with Crippen molar-refractivity contribution in [3.63, 3.8) is 0 Å². The second kappa shape index (κ2) is 2.20. The molecule has 0 fully saturated rings. The number of hydrogen-bond donors (Lipinski definition) is 0. The SMILES string of the molecule is Cl[C](Cl)(Cl)[Hg]. The van der Waals surface area contributed by atoms with E-state index in [1.54, 1.807) is 0 Å². The van der Waals surface area contributed by atoms with E-state index in [-0.39, 0.29) is 26.1 Å². The minimum atomic E-state index is -0.889. The second-order valence-electron chi connectivity index (χ2n) is 0.615. The van der Waals surface area contributed by atoms with E-state index < -0.39 is 1.30 Å². The molecular formula is CCl3Hg. The molecule has 0 heterocycles. The van der Waals surface area contributed by atoms with Crippen LogP contribution < -0.4 is 0 Å². The van der Waals surface area contributed by atoms with E-state index in [0.717, 1.165) is 0 Å². The molecule has 0 bridgehead atoms. The molecule has 0 aliphatic rings. The summed E-state index contributed by atoms with van der Waals surface area (Å²) < 4.78 is -0.889. The van der Waals surface area contributed by atoms with Crippen molar-refractivity contribution in [2.45, 2.75) is 1.30 Å². The Morgan fingerprint density at radius 2 is 1.20 bits per heavy atom. The molecule has 0 spiro atoms. The summed E-state index contributed by atoms with van der Waals surface area (Å²) >= 11 is 15.7. The fraction of sp³-hybridized carbons (Fsp3) is 1.00. The summed E-state index contributed by atoms with van der Waals surface area (Å²) in [5, 5.41) is 0. The van der Waals surface area contributed by atoms with Crippen LogP contribution >= 0.6 is 34.8 Å². The van der Waals surface area contributed by atoms with Crippen LogP contribution in [0.2, 0.25) is 0 Å². The molecule has 0 unspecified atom stereocenters. The van der Waals surface area contributed by atoms with E-state index in [9.17, 15) is 0 Å². The maximum absolute atomic E-state index is 5.15. The monoisotopic (exact) mass is 319 g/mol. The van der Waals surface area contributed by atoms with E-state index in [0.29, 0.717) is 0 Å². The molecule has 4 heteroatoms. The van der Waals surface area contributed by atoms with Crippen LogP contribution in [0.5, 0.6) is 0 Å². The van der Waals surface area contributed by atoms with Crippen LogP contribution in [0.25, 0.3) is 0 Å². The van der Waals surface area contributed by atoms with Gasteiger partial charge in [0.25, 0.3) is 0 Å². The fourth-order valence-electron chi connectivity index (χ4n) is 0. The Labute approximate surface area is 61.7 Å². The van der Waals surface area contributed by atoms with Gasteiger partial charge in [0.05, 0.1) is 0 Å². The molecule has 0 aromatic heterocycles. The number of alkyl halides is 3. The van der Waals surface area contributed by atoms with Gasteiger partial charge in [0.1, 0.15) is 0 Å². The van der Waals surface area contributed by atoms with Crippen LogP contribution in [0, 0.1) is 0 Å². The van der Waals surface area contributed by atoms with Crippen LogP contribution in [-0.2, 0) is 26.1 Å².